The van der Waals surface area contributed by atoms with Crippen LogP contribution in [0.2, 0.25) is 0 Å². The van der Waals surface area contributed by atoms with E-state index in [-0.39, 0.29) is 5.56 Å². The highest BCUT2D eigenvalue weighted by molar-refractivity contribution is 5.87. The van der Waals surface area contributed by atoms with Crippen molar-refractivity contribution >= 4 is 17.3 Å². The molecule has 0 spiro atoms. The van der Waals surface area contributed by atoms with Gasteiger partial charge in [-0.15, -0.1) is 0 Å². The van der Waals surface area contributed by atoms with Crippen LogP contribution in [0.25, 0.3) is 22.4 Å². The second kappa shape index (κ2) is 7.12. The topological polar surface area (TPSA) is 66.1 Å². The van der Waals surface area contributed by atoms with Crippen molar-refractivity contribution in [3.05, 3.63) is 51.9 Å². The highest BCUT2D eigenvalue weighted by Gasteiger charge is 2.20. The molecular formula is C21H23N3O3. The van der Waals surface area contributed by atoms with Gasteiger partial charge < -0.3 is 13.9 Å². The number of imidazole rings is 1. The van der Waals surface area contributed by atoms with Crippen molar-refractivity contribution in [1.82, 2.24) is 14.1 Å². The number of fused-ring (bicyclic) bond motifs is 1. The van der Waals surface area contributed by atoms with Gasteiger partial charge in [-0.05, 0) is 49.9 Å². The number of aryl methyl sites for hydroxylation is 2. The summed E-state index contributed by atoms with van der Waals surface area (Å²) in [6.45, 7) is 4.25. The lowest BCUT2D eigenvalue weighted by molar-refractivity contribution is 0.0617. The van der Waals surface area contributed by atoms with Gasteiger partial charge in [-0.25, -0.2) is 4.98 Å². The first-order valence-electron chi connectivity index (χ1n) is 9.27. The number of carbonyl (C=O) groups is 1. The van der Waals surface area contributed by atoms with E-state index in [1.807, 2.05) is 37.4 Å². The number of hydrogen-bond donors (Lipinski definition) is 0. The maximum atomic E-state index is 12.1. The number of rotatable bonds is 4. The molecule has 4 rings (SSSR count). The molecule has 0 aliphatic carbocycles. The molecule has 6 nitrogen and oxygen atoms in total. The Bertz CT molecular complexity index is 1030. The summed E-state index contributed by atoms with van der Waals surface area (Å²) in [5.41, 5.74) is 4.01. The van der Waals surface area contributed by atoms with Crippen LogP contribution in [0.5, 0.6) is 0 Å². The lowest BCUT2D eigenvalue weighted by Crippen LogP contribution is -2.21. The molecule has 27 heavy (non-hydrogen) atoms. The van der Waals surface area contributed by atoms with Gasteiger partial charge in [-0.1, -0.05) is 0 Å². The molecule has 0 N–H and O–H groups in total. The Labute approximate surface area is 157 Å². The van der Waals surface area contributed by atoms with E-state index in [9.17, 15) is 9.59 Å². The SMILES string of the molecule is Cc1cc(-c2nc3cc(C=O)ccc3n2CC2CCOCC2)cn(C)c1=O. The highest BCUT2D eigenvalue weighted by Crippen LogP contribution is 2.28. The summed E-state index contributed by atoms with van der Waals surface area (Å²) in [5, 5.41) is 0. The number of aldehydes is 1. The van der Waals surface area contributed by atoms with E-state index in [0.29, 0.717) is 17.0 Å². The summed E-state index contributed by atoms with van der Waals surface area (Å²) >= 11 is 0. The van der Waals surface area contributed by atoms with E-state index in [0.717, 1.165) is 61.3 Å². The number of nitrogens with zero attached hydrogens (tertiary/aromatic N) is 3. The van der Waals surface area contributed by atoms with Crippen LogP contribution in [-0.2, 0) is 18.3 Å². The highest BCUT2D eigenvalue weighted by atomic mass is 16.5. The monoisotopic (exact) mass is 365 g/mol. The third-order valence-corrected chi connectivity index (χ3v) is 5.31. The lowest BCUT2D eigenvalue weighted by Gasteiger charge is -2.23. The van der Waals surface area contributed by atoms with Crippen molar-refractivity contribution in [1.29, 1.82) is 0 Å². The minimum Gasteiger partial charge on any atom is -0.381 e. The molecule has 6 heteroatoms. The third kappa shape index (κ3) is 3.32. The zero-order valence-corrected chi connectivity index (χ0v) is 15.6. The van der Waals surface area contributed by atoms with Crippen LogP contribution in [0.3, 0.4) is 0 Å². The third-order valence-electron chi connectivity index (χ3n) is 5.31. The number of carbonyl (C=O) groups excluding carboxylic acids is 1. The van der Waals surface area contributed by atoms with Gasteiger partial charge in [0.15, 0.2) is 0 Å². The van der Waals surface area contributed by atoms with Crippen molar-refractivity contribution in [2.45, 2.75) is 26.3 Å². The molecule has 140 valence electrons. The first-order valence-corrected chi connectivity index (χ1v) is 9.27. The Morgan fingerprint density at radius 3 is 2.74 bits per heavy atom. The molecule has 0 unspecified atom stereocenters. The Morgan fingerprint density at radius 2 is 2.04 bits per heavy atom. The van der Waals surface area contributed by atoms with E-state index < -0.39 is 0 Å². The molecule has 1 aliphatic heterocycles. The number of ether oxygens (including phenoxy) is 1. The zero-order valence-electron chi connectivity index (χ0n) is 15.6. The van der Waals surface area contributed by atoms with Gasteiger partial charge in [0.1, 0.15) is 12.1 Å². The average Bonchev–Trinajstić information content (AvgIpc) is 3.04. The van der Waals surface area contributed by atoms with Gasteiger partial charge in [0, 0.05) is 49.7 Å². The molecule has 2 aromatic heterocycles. The maximum absolute atomic E-state index is 12.1. The van der Waals surface area contributed by atoms with Crippen LogP contribution in [0, 0.1) is 12.8 Å². The average molecular weight is 365 g/mol. The first-order chi connectivity index (χ1) is 13.1. The molecule has 0 saturated carbocycles. The summed E-state index contributed by atoms with van der Waals surface area (Å²) in [4.78, 5) is 28.1. The Balaban J connectivity index is 1.88. The number of hydrogen-bond acceptors (Lipinski definition) is 4. The largest absolute Gasteiger partial charge is 0.381 e. The van der Waals surface area contributed by atoms with Gasteiger partial charge in [0.25, 0.3) is 5.56 Å². The van der Waals surface area contributed by atoms with Crippen molar-refractivity contribution < 1.29 is 9.53 Å². The summed E-state index contributed by atoms with van der Waals surface area (Å²) in [6.07, 6.45) is 4.72. The summed E-state index contributed by atoms with van der Waals surface area (Å²) in [7, 11) is 1.76. The van der Waals surface area contributed by atoms with Crippen molar-refractivity contribution in [2.24, 2.45) is 13.0 Å². The number of aromatic nitrogens is 3. The van der Waals surface area contributed by atoms with Crippen LogP contribution < -0.4 is 5.56 Å². The second-order valence-corrected chi connectivity index (χ2v) is 7.30. The molecule has 0 bridgehead atoms. The van der Waals surface area contributed by atoms with Crippen LogP contribution in [0.1, 0.15) is 28.8 Å². The van der Waals surface area contributed by atoms with E-state index in [1.54, 1.807) is 11.6 Å². The van der Waals surface area contributed by atoms with Crippen molar-refractivity contribution in [3.8, 4) is 11.4 Å². The first kappa shape index (κ1) is 17.7. The van der Waals surface area contributed by atoms with Crippen LogP contribution >= 0.6 is 0 Å². The maximum Gasteiger partial charge on any atom is 0.253 e. The smallest absolute Gasteiger partial charge is 0.253 e. The van der Waals surface area contributed by atoms with Gasteiger partial charge in [0.2, 0.25) is 0 Å². The molecule has 0 radical (unpaired) electrons. The second-order valence-electron chi connectivity index (χ2n) is 7.30. The predicted molar refractivity (Wildman–Crippen MR) is 104 cm³/mol. The lowest BCUT2D eigenvalue weighted by atomic mass is 10.00. The normalized spacial score (nSPS) is 15.3. The fourth-order valence-electron chi connectivity index (χ4n) is 3.81. The quantitative estimate of drug-likeness (QED) is 0.667. The molecule has 1 aliphatic rings. The van der Waals surface area contributed by atoms with Crippen LogP contribution in [-0.4, -0.2) is 33.6 Å². The Morgan fingerprint density at radius 1 is 1.26 bits per heavy atom. The van der Waals surface area contributed by atoms with Crippen molar-refractivity contribution in [3.63, 3.8) is 0 Å². The minimum atomic E-state index is -0.00548. The molecule has 0 amide bonds. The molecular weight excluding hydrogens is 342 g/mol. The molecule has 1 fully saturated rings. The molecule has 1 saturated heterocycles. The summed E-state index contributed by atoms with van der Waals surface area (Å²) in [6, 6.07) is 7.50. The van der Waals surface area contributed by atoms with Crippen molar-refractivity contribution in [2.75, 3.05) is 13.2 Å². The molecule has 1 aromatic carbocycles. The predicted octanol–water partition coefficient (Wildman–Crippen LogP) is 2.95. The fourth-order valence-corrected chi connectivity index (χ4v) is 3.81. The molecule has 3 aromatic rings. The summed E-state index contributed by atoms with van der Waals surface area (Å²) in [5.74, 6) is 1.35. The Hall–Kier alpha value is -2.73. The Kier molecular flexibility index (Phi) is 4.66. The number of benzene rings is 1. The van der Waals surface area contributed by atoms with Crippen LogP contribution in [0.4, 0.5) is 0 Å². The van der Waals surface area contributed by atoms with Gasteiger partial charge >= 0.3 is 0 Å². The van der Waals surface area contributed by atoms with E-state index in [1.165, 1.54) is 0 Å². The molecule has 3 heterocycles. The fraction of sp³-hybridized carbons (Fsp3) is 0.381. The van der Waals surface area contributed by atoms with Gasteiger partial charge in [-0.2, -0.15) is 0 Å². The minimum absolute atomic E-state index is 0.00548. The standard InChI is InChI=1S/C21H23N3O3/c1-14-9-17(12-23(2)21(14)26)20-22-18-10-16(13-25)3-4-19(18)24(20)11-15-5-7-27-8-6-15/h3-4,9-10,12-13,15H,5-8,11H2,1-2H3. The molecule has 0 atom stereocenters. The summed E-state index contributed by atoms with van der Waals surface area (Å²) < 4.78 is 9.31. The zero-order chi connectivity index (χ0) is 19.0. The van der Waals surface area contributed by atoms with Crippen LogP contribution in [0.15, 0.2) is 35.3 Å². The van der Waals surface area contributed by atoms with E-state index >= 15 is 0 Å². The van der Waals surface area contributed by atoms with Gasteiger partial charge in [0.05, 0.1) is 11.0 Å². The number of pyridine rings is 1. The van der Waals surface area contributed by atoms with Gasteiger partial charge in [-0.3, -0.25) is 9.59 Å². The van der Waals surface area contributed by atoms with E-state index in [4.69, 9.17) is 9.72 Å². The van der Waals surface area contributed by atoms with E-state index in [2.05, 4.69) is 4.57 Å².